The number of esters is 1. The highest BCUT2D eigenvalue weighted by atomic mass is 32.2. The van der Waals surface area contributed by atoms with Gasteiger partial charge in [0.1, 0.15) is 5.03 Å². The SMILES string of the molecule is CCOC(=O)CCCSc1ccc(NC(=O)c2ccccc2)nn1. The molecule has 0 aliphatic heterocycles. The van der Waals surface area contributed by atoms with Gasteiger partial charge < -0.3 is 10.1 Å². The Hall–Kier alpha value is -2.41. The van der Waals surface area contributed by atoms with Crippen LogP contribution in [0.1, 0.15) is 30.1 Å². The molecule has 0 fully saturated rings. The zero-order chi connectivity index (χ0) is 17.2. The van der Waals surface area contributed by atoms with Gasteiger partial charge >= 0.3 is 5.97 Å². The van der Waals surface area contributed by atoms with Crippen LogP contribution in [0, 0.1) is 0 Å². The highest BCUT2D eigenvalue weighted by Crippen LogP contribution is 2.17. The Balaban J connectivity index is 1.76. The standard InChI is InChI=1S/C17H19N3O3S/c1-2-23-16(21)9-6-12-24-15-11-10-14(19-20-15)18-17(22)13-7-4-3-5-8-13/h3-5,7-8,10-11H,2,6,9,12H2,1H3,(H,18,19,22). The molecule has 1 aromatic carbocycles. The number of carbonyl (C=O) groups excluding carboxylic acids is 2. The monoisotopic (exact) mass is 345 g/mol. The Bertz CT molecular complexity index is 663. The molecule has 1 amide bonds. The summed E-state index contributed by atoms with van der Waals surface area (Å²) in [6.45, 7) is 2.20. The van der Waals surface area contributed by atoms with Gasteiger partial charge in [0.05, 0.1) is 6.61 Å². The van der Waals surface area contributed by atoms with E-state index in [9.17, 15) is 9.59 Å². The third-order valence-corrected chi connectivity index (χ3v) is 4.00. The van der Waals surface area contributed by atoms with Gasteiger partial charge in [-0.1, -0.05) is 18.2 Å². The van der Waals surface area contributed by atoms with Gasteiger partial charge in [-0.25, -0.2) is 0 Å². The van der Waals surface area contributed by atoms with Crippen LogP contribution in [0.3, 0.4) is 0 Å². The second-order valence-electron chi connectivity index (χ2n) is 4.83. The number of carbonyl (C=O) groups is 2. The fourth-order valence-electron chi connectivity index (χ4n) is 1.87. The van der Waals surface area contributed by atoms with E-state index in [0.717, 1.165) is 17.2 Å². The third-order valence-electron chi connectivity index (χ3n) is 3.00. The highest BCUT2D eigenvalue weighted by molar-refractivity contribution is 7.99. The normalized spacial score (nSPS) is 10.2. The van der Waals surface area contributed by atoms with Crippen LogP contribution < -0.4 is 5.32 Å². The average Bonchev–Trinajstić information content (AvgIpc) is 2.61. The van der Waals surface area contributed by atoms with Crippen LogP contribution in [0.15, 0.2) is 47.5 Å². The van der Waals surface area contributed by atoms with Gasteiger partial charge in [-0.2, -0.15) is 0 Å². The van der Waals surface area contributed by atoms with Crippen LogP contribution >= 0.6 is 11.8 Å². The van der Waals surface area contributed by atoms with Crippen molar-refractivity contribution in [3.63, 3.8) is 0 Å². The Morgan fingerprint density at radius 1 is 1.12 bits per heavy atom. The van der Waals surface area contributed by atoms with Crippen LogP contribution in [0.4, 0.5) is 5.82 Å². The minimum absolute atomic E-state index is 0.178. The summed E-state index contributed by atoms with van der Waals surface area (Å²) in [5.74, 6) is 0.756. The van der Waals surface area contributed by atoms with E-state index in [1.165, 1.54) is 11.8 Å². The fraction of sp³-hybridized carbons (Fsp3) is 0.294. The zero-order valence-electron chi connectivity index (χ0n) is 13.4. The van der Waals surface area contributed by atoms with E-state index in [1.807, 2.05) is 6.07 Å². The average molecular weight is 345 g/mol. The van der Waals surface area contributed by atoms with E-state index in [0.29, 0.717) is 24.4 Å². The minimum Gasteiger partial charge on any atom is -0.466 e. The molecular formula is C17H19N3O3S. The van der Waals surface area contributed by atoms with Gasteiger partial charge in [0, 0.05) is 17.7 Å². The maximum atomic E-state index is 12.0. The summed E-state index contributed by atoms with van der Waals surface area (Å²) in [6, 6.07) is 12.4. The summed E-state index contributed by atoms with van der Waals surface area (Å²) in [7, 11) is 0. The Morgan fingerprint density at radius 2 is 1.92 bits per heavy atom. The van der Waals surface area contributed by atoms with Crippen molar-refractivity contribution in [3.05, 3.63) is 48.0 Å². The van der Waals surface area contributed by atoms with Crippen LogP contribution in [-0.2, 0) is 9.53 Å². The number of hydrogen-bond acceptors (Lipinski definition) is 6. The zero-order valence-corrected chi connectivity index (χ0v) is 14.2. The van der Waals surface area contributed by atoms with Crippen LogP contribution in [0.2, 0.25) is 0 Å². The van der Waals surface area contributed by atoms with E-state index in [1.54, 1.807) is 43.3 Å². The minimum atomic E-state index is -0.222. The number of hydrogen-bond donors (Lipinski definition) is 1. The lowest BCUT2D eigenvalue weighted by molar-refractivity contribution is -0.143. The van der Waals surface area contributed by atoms with Crippen molar-refractivity contribution in [2.75, 3.05) is 17.7 Å². The topological polar surface area (TPSA) is 81.2 Å². The number of nitrogens with one attached hydrogen (secondary N) is 1. The molecule has 2 rings (SSSR count). The highest BCUT2D eigenvalue weighted by Gasteiger charge is 2.07. The first-order valence-electron chi connectivity index (χ1n) is 7.67. The van der Waals surface area contributed by atoms with Crippen molar-refractivity contribution in [2.24, 2.45) is 0 Å². The molecule has 0 unspecified atom stereocenters. The second-order valence-corrected chi connectivity index (χ2v) is 5.95. The van der Waals surface area contributed by atoms with Crippen LogP contribution in [0.25, 0.3) is 0 Å². The molecule has 1 N–H and O–H groups in total. The molecule has 7 heteroatoms. The predicted octanol–water partition coefficient (Wildman–Crippen LogP) is 3.16. The third kappa shape index (κ3) is 6.00. The molecule has 0 saturated carbocycles. The summed E-state index contributed by atoms with van der Waals surface area (Å²) in [4.78, 5) is 23.2. The molecule has 0 atom stereocenters. The van der Waals surface area contributed by atoms with Crippen molar-refractivity contribution >= 4 is 29.5 Å². The molecule has 1 aromatic heterocycles. The Morgan fingerprint density at radius 3 is 2.58 bits per heavy atom. The molecule has 0 aliphatic carbocycles. The summed E-state index contributed by atoms with van der Waals surface area (Å²) in [5, 5.41) is 11.5. The molecule has 2 aromatic rings. The summed E-state index contributed by atoms with van der Waals surface area (Å²) in [6.07, 6.45) is 1.12. The van der Waals surface area contributed by atoms with Crippen molar-refractivity contribution < 1.29 is 14.3 Å². The predicted molar refractivity (Wildman–Crippen MR) is 93.0 cm³/mol. The maximum Gasteiger partial charge on any atom is 0.305 e. The number of thioether (sulfide) groups is 1. The van der Waals surface area contributed by atoms with Crippen LogP contribution in [0.5, 0.6) is 0 Å². The molecule has 24 heavy (non-hydrogen) atoms. The van der Waals surface area contributed by atoms with Crippen molar-refractivity contribution in [1.29, 1.82) is 0 Å². The summed E-state index contributed by atoms with van der Waals surface area (Å²) < 4.78 is 4.87. The Kier molecular flexibility index (Phi) is 7.22. The van der Waals surface area contributed by atoms with Gasteiger partial charge in [-0.05, 0) is 37.6 Å². The first-order chi connectivity index (χ1) is 11.7. The second kappa shape index (κ2) is 9.67. The quantitative estimate of drug-likeness (QED) is 0.450. The number of ether oxygens (including phenoxy) is 1. The molecule has 6 nitrogen and oxygen atoms in total. The van der Waals surface area contributed by atoms with Crippen LogP contribution in [-0.4, -0.2) is 34.4 Å². The number of rotatable bonds is 8. The summed E-state index contributed by atoms with van der Waals surface area (Å²) in [5.41, 5.74) is 0.566. The molecule has 0 radical (unpaired) electrons. The maximum absolute atomic E-state index is 12.0. The van der Waals surface area contributed by atoms with Gasteiger partial charge in [0.15, 0.2) is 5.82 Å². The molecule has 0 spiro atoms. The first kappa shape index (κ1) is 17.9. The molecule has 1 heterocycles. The molecule has 126 valence electrons. The van der Waals surface area contributed by atoms with E-state index < -0.39 is 0 Å². The van der Waals surface area contributed by atoms with E-state index in [4.69, 9.17) is 4.74 Å². The number of benzene rings is 1. The van der Waals surface area contributed by atoms with Crippen molar-refractivity contribution in [1.82, 2.24) is 10.2 Å². The van der Waals surface area contributed by atoms with Gasteiger partial charge in [-0.3, -0.25) is 9.59 Å². The largest absolute Gasteiger partial charge is 0.466 e. The molecule has 0 bridgehead atoms. The van der Waals surface area contributed by atoms with E-state index in [-0.39, 0.29) is 11.9 Å². The van der Waals surface area contributed by atoms with Crippen molar-refractivity contribution in [2.45, 2.75) is 24.8 Å². The number of amides is 1. The lowest BCUT2D eigenvalue weighted by Gasteiger charge is -2.05. The molecule has 0 aliphatic rings. The number of nitrogens with zero attached hydrogens (tertiary/aromatic N) is 2. The van der Waals surface area contributed by atoms with Gasteiger partial charge in [0.25, 0.3) is 5.91 Å². The lowest BCUT2D eigenvalue weighted by atomic mass is 10.2. The summed E-state index contributed by atoms with van der Waals surface area (Å²) >= 11 is 1.51. The van der Waals surface area contributed by atoms with Gasteiger partial charge in [-0.15, -0.1) is 22.0 Å². The molecule has 0 saturated heterocycles. The van der Waals surface area contributed by atoms with Crippen molar-refractivity contribution in [3.8, 4) is 0 Å². The smallest absolute Gasteiger partial charge is 0.305 e. The number of anilines is 1. The lowest BCUT2D eigenvalue weighted by Crippen LogP contribution is -2.13. The first-order valence-corrected chi connectivity index (χ1v) is 8.66. The van der Waals surface area contributed by atoms with E-state index >= 15 is 0 Å². The number of aromatic nitrogens is 2. The van der Waals surface area contributed by atoms with E-state index in [2.05, 4.69) is 15.5 Å². The van der Waals surface area contributed by atoms with Gasteiger partial charge in [0.2, 0.25) is 0 Å². The molecular weight excluding hydrogens is 326 g/mol. The fourth-order valence-corrected chi connectivity index (χ4v) is 2.63. The Labute approximate surface area is 145 Å².